The van der Waals surface area contributed by atoms with Crippen molar-refractivity contribution in [3.8, 4) is 11.5 Å². The van der Waals surface area contributed by atoms with Gasteiger partial charge in [0.1, 0.15) is 11.5 Å². The highest BCUT2D eigenvalue weighted by molar-refractivity contribution is 5.99. The molecule has 1 saturated carbocycles. The predicted molar refractivity (Wildman–Crippen MR) is 118 cm³/mol. The van der Waals surface area contributed by atoms with Crippen molar-refractivity contribution in [1.29, 1.82) is 0 Å². The van der Waals surface area contributed by atoms with Gasteiger partial charge in [-0.25, -0.2) is 0 Å². The number of aryl methyl sites for hydroxylation is 2. The number of anilines is 1. The molecule has 1 fully saturated rings. The summed E-state index contributed by atoms with van der Waals surface area (Å²) in [6, 6.07) is 12.0. The van der Waals surface area contributed by atoms with Gasteiger partial charge in [-0.2, -0.15) is 0 Å². The SMILES string of the molecule is CCC(C)Oc1c(C)cc(NC(=O)C2(c3ccc(OC)cc3)CCCC2)cc1C. The number of carbonyl (C=O) groups excluding carboxylic acids is 1. The summed E-state index contributed by atoms with van der Waals surface area (Å²) in [5.74, 6) is 1.81. The molecule has 2 aromatic carbocycles. The molecule has 0 aromatic heterocycles. The van der Waals surface area contributed by atoms with Gasteiger partial charge < -0.3 is 14.8 Å². The lowest BCUT2D eigenvalue weighted by atomic mass is 9.78. The van der Waals surface area contributed by atoms with E-state index in [1.807, 2.05) is 50.2 Å². The number of ether oxygens (including phenoxy) is 2. The van der Waals surface area contributed by atoms with Crippen LogP contribution in [-0.2, 0) is 10.2 Å². The van der Waals surface area contributed by atoms with Crippen LogP contribution in [0.4, 0.5) is 5.69 Å². The van der Waals surface area contributed by atoms with Crippen molar-refractivity contribution in [1.82, 2.24) is 0 Å². The van der Waals surface area contributed by atoms with Crippen LogP contribution in [0.15, 0.2) is 36.4 Å². The Kier molecular flexibility index (Phi) is 6.51. The van der Waals surface area contributed by atoms with Crippen molar-refractivity contribution in [3.05, 3.63) is 53.1 Å². The van der Waals surface area contributed by atoms with Crippen molar-refractivity contribution in [3.63, 3.8) is 0 Å². The average Bonchev–Trinajstić information content (AvgIpc) is 3.22. The van der Waals surface area contributed by atoms with Crippen LogP contribution < -0.4 is 14.8 Å². The van der Waals surface area contributed by atoms with E-state index in [0.717, 1.165) is 66.0 Å². The van der Waals surface area contributed by atoms with Crippen LogP contribution in [0.3, 0.4) is 0 Å². The maximum Gasteiger partial charge on any atom is 0.235 e. The molecule has 0 heterocycles. The number of rotatable bonds is 7. The van der Waals surface area contributed by atoms with E-state index >= 15 is 0 Å². The van der Waals surface area contributed by atoms with Crippen LogP contribution in [0, 0.1) is 13.8 Å². The van der Waals surface area contributed by atoms with Gasteiger partial charge in [0.25, 0.3) is 0 Å². The Balaban J connectivity index is 1.85. The lowest BCUT2D eigenvalue weighted by molar-refractivity contribution is -0.121. The fraction of sp³-hybridized carbons (Fsp3) is 0.480. The van der Waals surface area contributed by atoms with Crippen LogP contribution in [0.1, 0.15) is 62.6 Å². The first-order valence-corrected chi connectivity index (χ1v) is 10.6. The van der Waals surface area contributed by atoms with E-state index in [9.17, 15) is 4.79 Å². The summed E-state index contributed by atoms with van der Waals surface area (Å²) in [5, 5.41) is 3.20. The lowest BCUT2D eigenvalue weighted by Gasteiger charge is -2.29. The van der Waals surface area contributed by atoms with Gasteiger partial charge in [-0.1, -0.05) is 31.9 Å². The Bertz CT molecular complexity index is 828. The quantitative estimate of drug-likeness (QED) is 0.631. The van der Waals surface area contributed by atoms with E-state index in [1.165, 1.54) is 0 Å². The molecule has 156 valence electrons. The molecule has 0 bridgehead atoms. The normalized spacial score (nSPS) is 16.3. The third-order valence-corrected chi connectivity index (χ3v) is 6.15. The maximum absolute atomic E-state index is 13.4. The zero-order valence-electron chi connectivity index (χ0n) is 18.3. The van der Waals surface area contributed by atoms with Crippen LogP contribution in [0.5, 0.6) is 11.5 Å². The fourth-order valence-corrected chi connectivity index (χ4v) is 4.28. The van der Waals surface area contributed by atoms with Crippen LogP contribution in [0.25, 0.3) is 0 Å². The molecule has 4 heteroatoms. The Morgan fingerprint density at radius 2 is 1.69 bits per heavy atom. The number of carbonyl (C=O) groups is 1. The van der Waals surface area contributed by atoms with E-state index in [2.05, 4.69) is 19.2 Å². The van der Waals surface area contributed by atoms with Gasteiger partial charge in [-0.05, 0) is 81.0 Å². The molecule has 4 nitrogen and oxygen atoms in total. The third-order valence-electron chi connectivity index (χ3n) is 6.15. The molecule has 2 aromatic rings. The molecule has 1 aliphatic carbocycles. The molecule has 1 atom stereocenters. The van der Waals surface area contributed by atoms with E-state index in [-0.39, 0.29) is 12.0 Å². The van der Waals surface area contributed by atoms with E-state index in [0.29, 0.717) is 0 Å². The highest BCUT2D eigenvalue weighted by Crippen LogP contribution is 2.43. The Morgan fingerprint density at radius 1 is 1.10 bits per heavy atom. The number of hydrogen-bond donors (Lipinski definition) is 1. The highest BCUT2D eigenvalue weighted by Gasteiger charge is 2.42. The number of benzene rings is 2. The molecular weight excluding hydrogens is 362 g/mol. The second-order valence-corrected chi connectivity index (χ2v) is 8.25. The molecule has 3 rings (SSSR count). The lowest BCUT2D eigenvalue weighted by Crippen LogP contribution is -2.38. The Labute approximate surface area is 174 Å². The second-order valence-electron chi connectivity index (χ2n) is 8.25. The third kappa shape index (κ3) is 4.42. The van der Waals surface area contributed by atoms with Gasteiger partial charge >= 0.3 is 0 Å². The molecule has 0 aliphatic heterocycles. The number of nitrogens with one attached hydrogen (secondary N) is 1. The Morgan fingerprint density at radius 3 is 2.21 bits per heavy atom. The minimum Gasteiger partial charge on any atom is -0.497 e. The molecule has 1 aliphatic rings. The van der Waals surface area contributed by atoms with Gasteiger partial charge in [-0.3, -0.25) is 4.79 Å². The van der Waals surface area contributed by atoms with E-state index in [4.69, 9.17) is 9.47 Å². The molecule has 29 heavy (non-hydrogen) atoms. The summed E-state index contributed by atoms with van der Waals surface area (Å²) < 4.78 is 11.4. The van der Waals surface area contributed by atoms with Gasteiger partial charge in [0.05, 0.1) is 18.6 Å². The van der Waals surface area contributed by atoms with Crippen molar-refractivity contribution >= 4 is 11.6 Å². The van der Waals surface area contributed by atoms with Crippen molar-refractivity contribution < 1.29 is 14.3 Å². The first kappa shape index (κ1) is 21.2. The summed E-state index contributed by atoms with van der Waals surface area (Å²) >= 11 is 0. The molecule has 0 spiro atoms. The summed E-state index contributed by atoms with van der Waals surface area (Å²) in [6.07, 6.45) is 5.02. The second kappa shape index (κ2) is 8.89. The van der Waals surface area contributed by atoms with Crippen molar-refractivity contribution in [2.45, 2.75) is 71.3 Å². The minimum absolute atomic E-state index is 0.0783. The van der Waals surface area contributed by atoms with Gasteiger partial charge in [0, 0.05) is 5.69 Å². The van der Waals surface area contributed by atoms with Crippen LogP contribution in [0.2, 0.25) is 0 Å². The molecule has 1 N–H and O–H groups in total. The minimum atomic E-state index is -0.472. The number of methoxy groups -OCH3 is 1. The van der Waals surface area contributed by atoms with Crippen molar-refractivity contribution in [2.75, 3.05) is 12.4 Å². The number of hydrogen-bond acceptors (Lipinski definition) is 3. The first-order chi connectivity index (χ1) is 13.9. The van der Waals surface area contributed by atoms with Crippen LogP contribution in [-0.4, -0.2) is 19.1 Å². The molecule has 0 saturated heterocycles. The van der Waals surface area contributed by atoms with Gasteiger partial charge in [0.2, 0.25) is 5.91 Å². The fourth-order valence-electron chi connectivity index (χ4n) is 4.28. The standard InChI is InChI=1S/C25H33NO3/c1-6-19(4)29-23-17(2)15-21(16-18(23)3)26-24(27)25(13-7-8-14-25)20-9-11-22(28-5)12-10-20/h9-12,15-16,19H,6-8,13-14H2,1-5H3,(H,26,27). The first-order valence-electron chi connectivity index (χ1n) is 10.6. The zero-order valence-corrected chi connectivity index (χ0v) is 18.3. The molecular formula is C25H33NO3. The van der Waals surface area contributed by atoms with Gasteiger partial charge in [-0.15, -0.1) is 0 Å². The monoisotopic (exact) mass is 395 g/mol. The van der Waals surface area contributed by atoms with E-state index < -0.39 is 5.41 Å². The smallest absolute Gasteiger partial charge is 0.235 e. The summed E-state index contributed by atoms with van der Waals surface area (Å²) in [7, 11) is 1.66. The maximum atomic E-state index is 13.4. The van der Waals surface area contributed by atoms with Crippen LogP contribution >= 0.6 is 0 Å². The topological polar surface area (TPSA) is 47.6 Å². The van der Waals surface area contributed by atoms with Crippen molar-refractivity contribution in [2.24, 2.45) is 0 Å². The molecule has 1 unspecified atom stereocenters. The largest absolute Gasteiger partial charge is 0.497 e. The average molecular weight is 396 g/mol. The zero-order chi connectivity index (χ0) is 21.0. The number of amides is 1. The van der Waals surface area contributed by atoms with E-state index in [1.54, 1.807) is 7.11 Å². The Hall–Kier alpha value is -2.49. The summed E-state index contributed by atoms with van der Waals surface area (Å²) in [6.45, 7) is 8.27. The summed E-state index contributed by atoms with van der Waals surface area (Å²) in [5.41, 5.74) is 3.52. The molecule has 1 amide bonds. The predicted octanol–water partition coefficient (Wildman–Crippen LogP) is 5.94. The molecule has 0 radical (unpaired) electrons. The summed E-state index contributed by atoms with van der Waals surface area (Å²) in [4.78, 5) is 13.4. The van der Waals surface area contributed by atoms with Gasteiger partial charge in [0.15, 0.2) is 0 Å². The highest BCUT2D eigenvalue weighted by atomic mass is 16.5.